The number of benzene rings is 1. The van der Waals surface area contributed by atoms with Crippen LogP contribution in [0, 0.1) is 0 Å². The first kappa shape index (κ1) is 14.2. The molecule has 96 valence electrons. The Hall–Kier alpha value is -0.910. The van der Waals surface area contributed by atoms with Crippen molar-refractivity contribution in [3.63, 3.8) is 0 Å². The van der Waals surface area contributed by atoms with Crippen molar-refractivity contribution in [1.82, 2.24) is 4.72 Å². The second kappa shape index (κ2) is 6.14. The highest BCUT2D eigenvalue weighted by atomic mass is 32.2. The molecule has 5 heteroatoms. The lowest BCUT2D eigenvalue weighted by Crippen LogP contribution is -2.18. The zero-order valence-corrected chi connectivity index (χ0v) is 11.0. The lowest BCUT2D eigenvalue weighted by molar-refractivity contribution is 0.164. The number of rotatable bonds is 6. The van der Waals surface area contributed by atoms with Gasteiger partial charge in [-0.1, -0.05) is 25.5 Å². The van der Waals surface area contributed by atoms with E-state index in [1.165, 1.54) is 7.05 Å². The van der Waals surface area contributed by atoms with E-state index in [-0.39, 0.29) is 11.0 Å². The highest BCUT2D eigenvalue weighted by Gasteiger charge is 2.11. The Morgan fingerprint density at radius 2 is 1.88 bits per heavy atom. The summed E-state index contributed by atoms with van der Waals surface area (Å²) in [6.45, 7) is 2.02. The topological polar surface area (TPSA) is 66.4 Å². The van der Waals surface area contributed by atoms with Gasteiger partial charge < -0.3 is 5.11 Å². The van der Waals surface area contributed by atoms with Crippen LogP contribution in [0.1, 0.15) is 25.3 Å². The summed E-state index contributed by atoms with van der Waals surface area (Å²) >= 11 is 0. The van der Waals surface area contributed by atoms with E-state index in [4.69, 9.17) is 0 Å². The summed E-state index contributed by atoms with van der Waals surface area (Å²) in [6.07, 6.45) is 1.91. The predicted octanol–water partition coefficient (Wildman–Crippen LogP) is 1.30. The largest absolute Gasteiger partial charge is 0.393 e. The number of hydrogen-bond acceptors (Lipinski definition) is 3. The molecule has 4 nitrogen and oxygen atoms in total. The van der Waals surface area contributed by atoms with Crippen molar-refractivity contribution in [2.45, 2.75) is 37.2 Å². The molecule has 1 aromatic carbocycles. The van der Waals surface area contributed by atoms with Crippen molar-refractivity contribution in [3.8, 4) is 0 Å². The van der Waals surface area contributed by atoms with Crippen LogP contribution >= 0.6 is 0 Å². The van der Waals surface area contributed by atoms with Gasteiger partial charge >= 0.3 is 0 Å². The number of nitrogens with one attached hydrogen (secondary N) is 1. The first-order valence-electron chi connectivity index (χ1n) is 5.70. The standard InChI is InChI=1S/C12H19NO3S/c1-3-4-11(14)9-10-5-7-12(8-6-10)17(15,16)13-2/h5-8,11,13-14H,3-4,9H2,1-2H3. The number of aliphatic hydroxyl groups is 1. The maximum Gasteiger partial charge on any atom is 0.240 e. The van der Waals surface area contributed by atoms with E-state index in [0.29, 0.717) is 6.42 Å². The summed E-state index contributed by atoms with van der Waals surface area (Å²) in [5, 5.41) is 9.65. The molecule has 0 aromatic heterocycles. The van der Waals surface area contributed by atoms with Crippen LogP contribution in [-0.2, 0) is 16.4 Å². The summed E-state index contributed by atoms with van der Waals surface area (Å²) in [6, 6.07) is 6.59. The third-order valence-corrected chi connectivity index (χ3v) is 4.03. The number of hydrogen-bond donors (Lipinski definition) is 2. The zero-order chi connectivity index (χ0) is 12.9. The van der Waals surface area contributed by atoms with Crippen molar-refractivity contribution in [3.05, 3.63) is 29.8 Å². The maximum atomic E-state index is 11.5. The van der Waals surface area contributed by atoms with Crippen molar-refractivity contribution < 1.29 is 13.5 Å². The molecule has 17 heavy (non-hydrogen) atoms. The van der Waals surface area contributed by atoms with Gasteiger partial charge in [0, 0.05) is 0 Å². The SMILES string of the molecule is CCCC(O)Cc1ccc(S(=O)(=O)NC)cc1. The minimum atomic E-state index is -3.37. The zero-order valence-electron chi connectivity index (χ0n) is 10.2. The van der Waals surface area contributed by atoms with Crippen molar-refractivity contribution in [1.29, 1.82) is 0 Å². The van der Waals surface area contributed by atoms with Crippen molar-refractivity contribution in [2.24, 2.45) is 0 Å². The number of aliphatic hydroxyl groups excluding tert-OH is 1. The summed E-state index contributed by atoms with van der Waals surface area (Å²) in [7, 11) is -1.98. The van der Waals surface area contributed by atoms with Crippen LogP contribution in [0.2, 0.25) is 0 Å². The fourth-order valence-corrected chi connectivity index (χ4v) is 2.36. The molecule has 0 heterocycles. The molecule has 0 spiro atoms. The molecule has 0 bridgehead atoms. The third kappa shape index (κ3) is 4.11. The monoisotopic (exact) mass is 257 g/mol. The quantitative estimate of drug-likeness (QED) is 0.807. The molecule has 0 fully saturated rings. The summed E-state index contributed by atoms with van der Waals surface area (Å²) in [4.78, 5) is 0.244. The second-order valence-electron chi connectivity index (χ2n) is 4.00. The lowest BCUT2D eigenvalue weighted by Gasteiger charge is -2.09. The summed E-state index contributed by atoms with van der Waals surface area (Å²) in [5.74, 6) is 0. The first-order chi connectivity index (χ1) is 7.99. The molecule has 0 saturated carbocycles. The van der Waals surface area contributed by atoms with Gasteiger partial charge in [0.2, 0.25) is 10.0 Å². The summed E-state index contributed by atoms with van der Waals surface area (Å²) in [5.41, 5.74) is 0.945. The van der Waals surface area contributed by atoms with Crippen LogP contribution < -0.4 is 4.72 Å². The second-order valence-corrected chi connectivity index (χ2v) is 5.88. The fourth-order valence-electron chi connectivity index (χ4n) is 1.63. The maximum absolute atomic E-state index is 11.5. The third-order valence-electron chi connectivity index (χ3n) is 2.60. The summed E-state index contributed by atoms with van der Waals surface area (Å²) < 4.78 is 25.2. The molecule has 0 aliphatic heterocycles. The van der Waals surface area contributed by atoms with Gasteiger partial charge in [-0.15, -0.1) is 0 Å². The average Bonchev–Trinajstić information content (AvgIpc) is 2.30. The van der Waals surface area contributed by atoms with E-state index >= 15 is 0 Å². The van der Waals surface area contributed by atoms with Gasteiger partial charge in [-0.2, -0.15) is 0 Å². The van der Waals surface area contributed by atoms with Crippen LogP contribution in [0.15, 0.2) is 29.2 Å². The van der Waals surface area contributed by atoms with Crippen molar-refractivity contribution in [2.75, 3.05) is 7.05 Å². The molecular formula is C12H19NO3S. The molecule has 1 rings (SSSR count). The molecule has 2 N–H and O–H groups in total. The molecule has 1 aromatic rings. The molecular weight excluding hydrogens is 238 g/mol. The Balaban J connectivity index is 2.75. The molecule has 0 aliphatic carbocycles. The average molecular weight is 257 g/mol. The van der Waals surface area contributed by atoms with Crippen LogP contribution in [0.5, 0.6) is 0 Å². The Kier molecular flexibility index (Phi) is 5.11. The van der Waals surface area contributed by atoms with E-state index in [1.807, 2.05) is 6.92 Å². The van der Waals surface area contributed by atoms with Crippen molar-refractivity contribution >= 4 is 10.0 Å². The van der Waals surface area contributed by atoms with Gasteiger partial charge in [-0.05, 0) is 37.6 Å². The van der Waals surface area contributed by atoms with E-state index in [9.17, 15) is 13.5 Å². The first-order valence-corrected chi connectivity index (χ1v) is 7.18. The van der Waals surface area contributed by atoms with Crippen LogP contribution in [0.4, 0.5) is 0 Å². The normalized spacial score (nSPS) is 13.6. The highest BCUT2D eigenvalue weighted by molar-refractivity contribution is 7.89. The minimum absolute atomic E-state index is 0.244. The van der Waals surface area contributed by atoms with Gasteiger partial charge in [0.25, 0.3) is 0 Å². The lowest BCUT2D eigenvalue weighted by atomic mass is 10.1. The Morgan fingerprint density at radius 1 is 1.29 bits per heavy atom. The molecule has 0 aliphatic rings. The Labute approximate surface area is 103 Å². The van der Waals surface area contributed by atoms with Gasteiger partial charge in [-0.3, -0.25) is 0 Å². The van der Waals surface area contributed by atoms with Crippen LogP contribution in [0.3, 0.4) is 0 Å². The van der Waals surface area contributed by atoms with E-state index in [0.717, 1.165) is 18.4 Å². The highest BCUT2D eigenvalue weighted by Crippen LogP contribution is 2.12. The molecule has 1 atom stereocenters. The molecule has 0 saturated heterocycles. The smallest absolute Gasteiger partial charge is 0.240 e. The van der Waals surface area contributed by atoms with Crippen LogP contribution in [0.25, 0.3) is 0 Å². The molecule has 0 amide bonds. The minimum Gasteiger partial charge on any atom is -0.393 e. The predicted molar refractivity (Wildman–Crippen MR) is 67.3 cm³/mol. The molecule has 1 unspecified atom stereocenters. The molecule has 0 radical (unpaired) electrons. The van der Waals surface area contributed by atoms with Gasteiger partial charge in [0.15, 0.2) is 0 Å². The fraction of sp³-hybridized carbons (Fsp3) is 0.500. The van der Waals surface area contributed by atoms with Gasteiger partial charge in [0.1, 0.15) is 0 Å². The Morgan fingerprint density at radius 3 is 2.35 bits per heavy atom. The Bertz CT molecular complexity index is 439. The van der Waals surface area contributed by atoms with E-state index in [1.54, 1.807) is 24.3 Å². The van der Waals surface area contributed by atoms with E-state index in [2.05, 4.69) is 4.72 Å². The van der Waals surface area contributed by atoms with E-state index < -0.39 is 10.0 Å². The van der Waals surface area contributed by atoms with Gasteiger partial charge in [0.05, 0.1) is 11.0 Å². The number of sulfonamides is 1. The van der Waals surface area contributed by atoms with Crippen LogP contribution in [-0.4, -0.2) is 26.7 Å². The van der Waals surface area contributed by atoms with Gasteiger partial charge in [-0.25, -0.2) is 13.1 Å².